The van der Waals surface area contributed by atoms with Crippen molar-refractivity contribution < 1.29 is 9.32 Å². The molecule has 0 spiro atoms. The quantitative estimate of drug-likeness (QED) is 0.581. The zero-order valence-corrected chi connectivity index (χ0v) is 16.0. The standard InChI is InChI=1S/C25H21NO2/c1-26(2)21-12-9-18(10-13-21)8-11-20-16-24(19-6-4-3-5-7-19)28-25-17-22(27)14-15-23(20)25/h3-17H,1-2H3/p+1/b11-8+. The molecule has 0 saturated heterocycles. The van der Waals surface area contributed by atoms with Gasteiger partial charge in [0, 0.05) is 17.2 Å². The lowest BCUT2D eigenvalue weighted by molar-refractivity contribution is -0.786. The van der Waals surface area contributed by atoms with Crippen molar-refractivity contribution in [1.82, 2.24) is 0 Å². The molecule has 0 atom stereocenters. The fourth-order valence-electron chi connectivity index (χ4n) is 3.19. The summed E-state index contributed by atoms with van der Waals surface area (Å²) in [6.07, 6.45) is 4.16. The second kappa shape index (κ2) is 7.67. The van der Waals surface area contributed by atoms with Crippen molar-refractivity contribution >= 4 is 17.8 Å². The van der Waals surface area contributed by atoms with Crippen LogP contribution in [-0.4, -0.2) is 14.1 Å². The summed E-state index contributed by atoms with van der Waals surface area (Å²) in [5.74, 6) is 1.34. The van der Waals surface area contributed by atoms with Gasteiger partial charge in [-0.2, -0.15) is 0 Å². The summed E-state index contributed by atoms with van der Waals surface area (Å²) in [5.41, 5.74) is 5.23. The zero-order valence-electron chi connectivity index (χ0n) is 16.0. The fraction of sp³-hybridized carbons (Fsp3) is 0.0800. The Labute approximate surface area is 164 Å². The van der Waals surface area contributed by atoms with Crippen molar-refractivity contribution in [2.75, 3.05) is 14.1 Å². The molecule has 2 aromatic rings. The molecule has 0 fully saturated rings. The van der Waals surface area contributed by atoms with Crippen molar-refractivity contribution in [3.63, 3.8) is 0 Å². The molecule has 1 aliphatic heterocycles. The fourth-order valence-corrected chi connectivity index (χ4v) is 3.19. The number of fused-ring (bicyclic) bond motifs is 1. The predicted octanol–water partition coefficient (Wildman–Crippen LogP) is 4.36. The molecule has 2 aliphatic rings. The number of hydrogen-bond acceptors (Lipinski definition) is 2. The normalized spacial score (nSPS) is 11.5. The highest BCUT2D eigenvalue weighted by molar-refractivity contribution is 5.82. The van der Waals surface area contributed by atoms with Gasteiger partial charge in [0.15, 0.2) is 5.43 Å². The average molecular weight is 368 g/mol. The van der Waals surface area contributed by atoms with Crippen LogP contribution >= 0.6 is 0 Å². The molecule has 4 rings (SSSR count). The zero-order chi connectivity index (χ0) is 19.5. The number of quaternary nitrogens is 1. The molecule has 1 aliphatic carbocycles. The van der Waals surface area contributed by atoms with E-state index < -0.39 is 0 Å². The third kappa shape index (κ3) is 3.80. The number of nitrogens with one attached hydrogen (secondary N) is 1. The second-order valence-corrected chi connectivity index (χ2v) is 7.05. The Morgan fingerprint density at radius 1 is 0.786 bits per heavy atom. The van der Waals surface area contributed by atoms with Gasteiger partial charge in [-0.3, -0.25) is 4.79 Å². The molecule has 2 aromatic carbocycles. The van der Waals surface area contributed by atoms with Crippen LogP contribution in [0.2, 0.25) is 0 Å². The summed E-state index contributed by atoms with van der Waals surface area (Å²) in [6.45, 7) is 0. The molecule has 1 heterocycles. The van der Waals surface area contributed by atoms with E-state index in [1.165, 1.54) is 10.6 Å². The Balaban J connectivity index is 1.78. The van der Waals surface area contributed by atoms with Crippen LogP contribution in [0, 0.1) is 0 Å². The van der Waals surface area contributed by atoms with Crippen LogP contribution in [0.3, 0.4) is 0 Å². The SMILES string of the molecule is C[NH+](C)c1ccc(/C=C/c2cc(-c3ccccc3)oc3cc(=O)ccc2-3)cc1. The van der Waals surface area contributed by atoms with E-state index in [1.54, 1.807) is 12.1 Å². The van der Waals surface area contributed by atoms with Gasteiger partial charge in [0.25, 0.3) is 0 Å². The number of rotatable bonds is 4. The molecule has 0 bridgehead atoms. The van der Waals surface area contributed by atoms with E-state index >= 15 is 0 Å². The molecule has 138 valence electrons. The Kier molecular flexibility index (Phi) is 4.92. The molecule has 0 saturated carbocycles. The van der Waals surface area contributed by atoms with Gasteiger partial charge in [0.1, 0.15) is 17.2 Å². The van der Waals surface area contributed by atoms with E-state index in [-0.39, 0.29) is 5.43 Å². The van der Waals surface area contributed by atoms with Crippen molar-refractivity contribution in [3.8, 4) is 22.6 Å². The average Bonchev–Trinajstić information content (AvgIpc) is 2.72. The monoisotopic (exact) mass is 368 g/mol. The van der Waals surface area contributed by atoms with Gasteiger partial charge in [-0.25, -0.2) is 0 Å². The van der Waals surface area contributed by atoms with Crippen LogP contribution in [0.5, 0.6) is 0 Å². The summed E-state index contributed by atoms with van der Waals surface area (Å²) in [6, 6.07) is 25.4. The molecule has 0 aromatic heterocycles. The van der Waals surface area contributed by atoms with Gasteiger partial charge in [0.05, 0.1) is 14.1 Å². The highest BCUT2D eigenvalue weighted by Gasteiger charge is 2.12. The van der Waals surface area contributed by atoms with E-state index in [4.69, 9.17) is 4.42 Å². The van der Waals surface area contributed by atoms with Crippen molar-refractivity contribution in [1.29, 1.82) is 0 Å². The number of hydrogen-bond donors (Lipinski definition) is 1. The van der Waals surface area contributed by atoms with Crippen molar-refractivity contribution in [3.05, 3.63) is 100 Å². The third-order valence-electron chi connectivity index (χ3n) is 4.77. The third-order valence-corrected chi connectivity index (χ3v) is 4.77. The van der Waals surface area contributed by atoms with Gasteiger partial charge in [-0.1, -0.05) is 42.5 Å². The van der Waals surface area contributed by atoms with E-state index in [1.807, 2.05) is 42.5 Å². The second-order valence-electron chi connectivity index (χ2n) is 7.05. The highest BCUT2D eigenvalue weighted by Crippen LogP contribution is 2.32. The maximum absolute atomic E-state index is 11.8. The van der Waals surface area contributed by atoms with E-state index in [2.05, 4.69) is 50.5 Å². The minimum atomic E-state index is -0.0573. The Bertz CT molecular complexity index is 1140. The molecule has 3 heteroatoms. The molecular formula is C25H22NO2+. The van der Waals surface area contributed by atoms with Gasteiger partial charge in [0.2, 0.25) is 0 Å². The van der Waals surface area contributed by atoms with Crippen molar-refractivity contribution in [2.24, 2.45) is 0 Å². The largest absolute Gasteiger partial charge is 0.456 e. The van der Waals surface area contributed by atoms with Gasteiger partial charge in [-0.05, 0) is 53.6 Å². The van der Waals surface area contributed by atoms with Crippen LogP contribution in [-0.2, 0) is 0 Å². The lowest BCUT2D eigenvalue weighted by Gasteiger charge is -2.11. The minimum absolute atomic E-state index is 0.0573. The molecule has 3 nitrogen and oxygen atoms in total. The molecule has 28 heavy (non-hydrogen) atoms. The summed E-state index contributed by atoms with van der Waals surface area (Å²) in [7, 11) is 4.22. The van der Waals surface area contributed by atoms with Crippen molar-refractivity contribution in [2.45, 2.75) is 0 Å². The Morgan fingerprint density at radius 2 is 1.54 bits per heavy atom. The van der Waals surface area contributed by atoms with Gasteiger partial charge < -0.3 is 9.32 Å². The first-order valence-electron chi connectivity index (χ1n) is 9.32. The highest BCUT2D eigenvalue weighted by atomic mass is 16.3. The Morgan fingerprint density at radius 3 is 2.25 bits per heavy atom. The first-order valence-corrected chi connectivity index (χ1v) is 9.32. The topological polar surface area (TPSA) is 34.7 Å². The van der Waals surface area contributed by atoms with E-state index in [0.29, 0.717) is 5.76 Å². The maximum Gasteiger partial charge on any atom is 0.182 e. The summed E-state index contributed by atoms with van der Waals surface area (Å²) in [4.78, 5) is 13.1. The lowest BCUT2D eigenvalue weighted by Crippen LogP contribution is -3.00. The van der Waals surface area contributed by atoms with Crippen LogP contribution in [0.25, 0.3) is 34.8 Å². The Hall–Kier alpha value is -3.43. The van der Waals surface area contributed by atoms with Gasteiger partial charge in [-0.15, -0.1) is 0 Å². The molecule has 0 radical (unpaired) electrons. The summed E-state index contributed by atoms with van der Waals surface area (Å²) >= 11 is 0. The van der Waals surface area contributed by atoms with Crippen LogP contribution in [0.1, 0.15) is 11.1 Å². The van der Waals surface area contributed by atoms with Crippen LogP contribution in [0.4, 0.5) is 5.69 Å². The van der Waals surface area contributed by atoms with E-state index in [0.717, 1.165) is 28.0 Å². The molecule has 0 unspecified atom stereocenters. The summed E-state index contributed by atoms with van der Waals surface area (Å²) in [5, 5.41) is 0. The molecule has 1 N–H and O–H groups in total. The molecule has 0 amide bonds. The first kappa shape index (κ1) is 18.0. The van der Waals surface area contributed by atoms with Crippen LogP contribution < -0.4 is 10.3 Å². The summed E-state index contributed by atoms with van der Waals surface area (Å²) < 4.78 is 6.03. The lowest BCUT2D eigenvalue weighted by atomic mass is 10.0. The predicted molar refractivity (Wildman–Crippen MR) is 115 cm³/mol. The minimum Gasteiger partial charge on any atom is -0.456 e. The van der Waals surface area contributed by atoms with Gasteiger partial charge >= 0.3 is 0 Å². The smallest absolute Gasteiger partial charge is 0.182 e. The molecular weight excluding hydrogens is 346 g/mol. The first-order chi connectivity index (χ1) is 13.6. The maximum atomic E-state index is 11.8. The number of benzene rings is 3. The van der Waals surface area contributed by atoms with Crippen LogP contribution in [0.15, 0.2) is 88.1 Å². The van der Waals surface area contributed by atoms with E-state index in [9.17, 15) is 4.79 Å².